The summed E-state index contributed by atoms with van der Waals surface area (Å²) in [7, 11) is 0. The van der Waals surface area contributed by atoms with E-state index in [1.165, 1.54) is 11.3 Å². The number of nitrogens with one attached hydrogen (secondary N) is 2. The number of hydrogen-bond acceptors (Lipinski definition) is 3. The van der Waals surface area contributed by atoms with Crippen molar-refractivity contribution in [2.75, 3.05) is 36.4 Å². The van der Waals surface area contributed by atoms with E-state index in [2.05, 4.69) is 53.6 Å². The Morgan fingerprint density at radius 3 is 2.24 bits per heavy atom. The Bertz CT molecular complexity index is 621. The summed E-state index contributed by atoms with van der Waals surface area (Å²) in [6.07, 6.45) is 1.46. The fourth-order valence-corrected chi connectivity index (χ4v) is 2.77. The molecule has 0 spiro atoms. The standard InChI is InChI=1S/C21H29N3O/c1-3-24(4-2)20-12-10-19(11-13-20)23-21(25)15-17-22-16-14-18-8-6-5-7-9-18/h5-13,22H,3-4,14-17H2,1-2H3,(H,23,25). The lowest BCUT2D eigenvalue weighted by molar-refractivity contribution is -0.116. The van der Waals surface area contributed by atoms with E-state index in [1.807, 2.05) is 30.3 Å². The number of benzene rings is 2. The first-order valence-corrected chi connectivity index (χ1v) is 9.12. The predicted molar refractivity (Wildman–Crippen MR) is 106 cm³/mol. The van der Waals surface area contributed by atoms with Gasteiger partial charge < -0.3 is 15.5 Å². The summed E-state index contributed by atoms with van der Waals surface area (Å²) < 4.78 is 0. The fraction of sp³-hybridized carbons (Fsp3) is 0.381. The normalized spacial score (nSPS) is 10.5. The minimum absolute atomic E-state index is 0.0443. The lowest BCUT2D eigenvalue weighted by atomic mass is 10.1. The lowest BCUT2D eigenvalue weighted by Gasteiger charge is -2.21. The SMILES string of the molecule is CCN(CC)c1ccc(NC(=O)CCNCCc2ccccc2)cc1. The topological polar surface area (TPSA) is 44.4 Å². The molecule has 0 heterocycles. The third kappa shape index (κ3) is 6.59. The number of nitrogens with zero attached hydrogens (tertiary/aromatic N) is 1. The van der Waals surface area contributed by atoms with Crippen LogP contribution in [0.3, 0.4) is 0 Å². The van der Waals surface area contributed by atoms with Crippen LogP contribution in [-0.2, 0) is 11.2 Å². The van der Waals surface area contributed by atoms with E-state index in [9.17, 15) is 4.79 Å². The van der Waals surface area contributed by atoms with Crippen LogP contribution in [0.25, 0.3) is 0 Å². The van der Waals surface area contributed by atoms with Crippen molar-refractivity contribution in [1.82, 2.24) is 5.32 Å². The van der Waals surface area contributed by atoms with Gasteiger partial charge in [-0.2, -0.15) is 0 Å². The number of carbonyl (C=O) groups excluding carboxylic acids is 1. The van der Waals surface area contributed by atoms with E-state index in [4.69, 9.17) is 0 Å². The van der Waals surface area contributed by atoms with Gasteiger partial charge in [-0.25, -0.2) is 0 Å². The van der Waals surface area contributed by atoms with Gasteiger partial charge in [-0.1, -0.05) is 30.3 Å². The second-order valence-electron chi connectivity index (χ2n) is 6.00. The van der Waals surface area contributed by atoms with E-state index in [0.29, 0.717) is 13.0 Å². The molecule has 0 saturated heterocycles. The Hall–Kier alpha value is -2.33. The summed E-state index contributed by atoms with van der Waals surface area (Å²) in [4.78, 5) is 14.3. The molecule has 0 radical (unpaired) electrons. The molecule has 0 unspecified atom stereocenters. The predicted octanol–water partition coefficient (Wildman–Crippen LogP) is 3.69. The average Bonchev–Trinajstić information content (AvgIpc) is 2.65. The van der Waals surface area contributed by atoms with Gasteiger partial charge in [0.15, 0.2) is 0 Å². The van der Waals surface area contributed by atoms with Crippen molar-refractivity contribution in [3.05, 3.63) is 60.2 Å². The van der Waals surface area contributed by atoms with Gasteiger partial charge in [-0.3, -0.25) is 4.79 Å². The van der Waals surface area contributed by atoms with Crippen LogP contribution in [0.15, 0.2) is 54.6 Å². The minimum atomic E-state index is 0.0443. The van der Waals surface area contributed by atoms with Crippen molar-refractivity contribution in [2.24, 2.45) is 0 Å². The van der Waals surface area contributed by atoms with Crippen LogP contribution in [0.4, 0.5) is 11.4 Å². The Kier molecular flexibility index (Phi) is 7.99. The zero-order chi connectivity index (χ0) is 17.9. The molecule has 4 heteroatoms. The maximum Gasteiger partial charge on any atom is 0.225 e. The molecule has 0 atom stereocenters. The highest BCUT2D eigenvalue weighted by atomic mass is 16.1. The molecule has 2 N–H and O–H groups in total. The molecule has 0 bridgehead atoms. The molecular formula is C21H29N3O. The van der Waals surface area contributed by atoms with Crippen LogP contribution in [0, 0.1) is 0 Å². The van der Waals surface area contributed by atoms with E-state index in [-0.39, 0.29) is 5.91 Å². The molecule has 0 aliphatic carbocycles. The molecule has 2 aromatic rings. The quantitative estimate of drug-likeness (QED) is 0.649. The van der Waals surface area contributed by atoms with Crippen LogP contribution < -0.4 is 15.5 Å². The highest BCUT2D eigenvalue weighted by molar-refractivity contribution is 5.91. The Morgan fingerprint density at radius 2 is 1.60 bits per heavy atom. The minimum Gasteiger partial charge on any atom is -0.372 e. The Morgan fingerprint density at radius 1 is 0.920 bits per heavy atom. The molecule has 134 valence electrons. The maximum absolute atomic E-state index is 12.0. The van der Waals surface area contributed by atoms with Gasteiger partial charge in [-0.15, -0.1) is 0 Å². The van der Waals surface area contributed by atoms with E-state index < -0.39 is 0 Å². The van der Waals surface area contributed by atoms with Crippen LogP contribution in [0.2, 0.25) is 0 Å². The zero-order valence-electron chi connectivity index (χ0n) is 15.3. The second kappa shape index (κ2) is 10.5. The van der Waals surface area contributed by atoms with Crippen molar-refractivity contribution in [3.63, 3.8) is 0 Å². The second-order valence-corrected chi connectivity index (χ2v) is 6.00. The summed E-state index contributed by atoms with van der Waals surface area (Å²) in [6, 6.07) is 18.4. The third-order valence-electron chi connectivity index (χ3n) is 4.24. The molecule has 1 amide bonds. The summed E-state index contributed by atoms with van der Waals surface area (Å²) in [5.74, 6) is 0.0443. The van der Waals surface area contributed by atoms with Gasteiger partial charge in [0.2, 0.25) is 5.91 Å². The highest BCUT2D eigenvalue weighted by Crippen LogP contribution is 2.17. The van der Waals surface area contributed by atoms with E-state index >= 15 is 0 Å². The van der Waals surface area contributed by atoms with Crippen molar-refractivity contribution < 1.29 is 4.79 Å². The lowest BCUT2D eigenvalue weighted by Crippen LogP contribution is -2.24. The number of anilines is 2. The van der Waals surface area contributed by atoms with Crippen molar-refractivity contribution in [2.45, 2.75) is 26.7 Å². The highest BCUT2D eigenvalue weighted by Gasteiger charge is 2.04. The van der Waals surface area contributed by atoms with E-state index in [0.717, 1.165) is 31.7 Å². The largest absolute Gasteiger partial charge is 0.372 e. The molecule has 2 rings (SSSR count). The summed E-state index contributed by atoms with van der Waals surface area (Å²) in [5.41, 5.74) is 3.35. The van der Waals surface area contributed by atoms with Crippen LogP contribution >= 0.6 is 0 Å². The summed E-state index contributed by atoms with van der Waals surface area (Å²) in [5, 5.41) is 6.28. The first kappa shape index (κ1) is 19.0. The van der Waals surface area contributed by atoms with Gasteiger partial charge in [0.05, 0.1) is 0 Å². The Labute approximate surface area is 151 Å². The molecule has 0 fully saturated rings. The first-order chi connectivity index (χ1) is 12.2. The van der Waals surface area contributed by atoms with Crippen molar-refractivity contribution >= 4 is 17.3 Å². The maximum atomic E-state index is 12.0. The Balaban J connectivity index is 1.66. The summed E-state index contributed by atoms with van der Waals surface area (Å²) >= 11 is 0. The molecule has 25 heavy (non-hydrogen) atoms. The molecule has 0 aromatic heterocycles. The van der Waals surface area contributed by atoms with E-state index in [1.54, 1.807) is 0 Å². The van der Waals surface area contributed by atoms with Crippen LogP contribution in [-0.4, -0.2) is 32.1 Å². The third-order valence-corrected chi connectivity index (χ3v) is 4.24. The van der Waals surface area contributed by atoms with Gasteiger partial charge in [0.1, 0.15) is 0 Å². The first-order valence-electron chi connectivity index (χ1n) is 9.12. The zero-order valence-corrected chi connectivity index (χ0v) is 15.3. The molecular weight excluding hydrogens is 310 g/mol. The number of amides is 1. The fourth-order valence-electron chi connectivity index (χ4n) is 2.77. The molecule has 0 saturated carbocycles. The van der Waals surface area contributed by atoms with Gasteiger partial charge in [0, 0.05) is 37.4 Å². The summed E-state index contributed by atoms with van der Waals surface area (Å²) in [6.45, 7) is 7.83. The molecule has 0 aliphatic heterocycles. The molecule has 2 aromatic carbocycles. The number of carbonyl (C=O) groups is 1. The van der Waals surface area contributed by atoms with Gasteiger partial charge in [-0.05, 0) is 56.6 Å². The van der Waals surface area contributed by atoms with Crippen LogP contribution in [0.5, 0.6) is 0 Å². The monoisotopic (exact) mass is 339 g/mol. The number of rotatable bonds is 10. The average molecular weight is 339 g/mol. The van der Waals surface area contributed by atoms with Crippen molar-refractivity contribution in [1.29, 1.82) is 0 Å². The molecule has 0 aliphatic rings. The van der Waals surface area contributed by atoms with Crippen LogP contribution in [0.1, 0.15) is 25.8 Å². The molecule has 4 nitrogen and oxygen atoms in total. The number of hydrogen-bond donors (Lipinski definition) is 2. The van der Waals surface area contributed by atoms with Gasteiger partial charge in [0.25, 0.3) is 0 Å². The van der Waals surface area contributed by atoms with Gasteiger partial charge >= 0.3 is 0 Å². The smallest absolute Gasteiger partial charge is 0.225 e. The van der Waals surface area contributed by atoms with Crippen molar-refractivity contribution in [3.8, 4) is 0 Å².